The molecule has 0 spiro atoms. The van der Waals surface area contributed by atoms with Crippen LogP contribution in [0.1, 0.15) is 23.0 Å². The second kappa shape index (κ2) is 5.10. The second-order valence-corrected chi connectivity index (χ2v) is 5.01. The van der Waals surface area contributed by atoms with Crippen molar-refractivity contribution in [1.82, 2.24) is 5.32 Å². The molecule has 1 heterocycles. The zero-order valence-electron chi connectivity index (χ0n) is 9.47. The third-order valence-corrected chi connectivity index (χ3v) is 3.59. The molecule has 0 aliphatic heterocycles. The summed E-state index contributed by atoms with van der Waals surface area (Å²) < 4.78 is 1.10. The summed E-state index contributed by atoms with van der Waals surface area (Å²) in [5, 5.41) is 3.87. The Balaban J connectivity index is 2.16. The van der Waals surface area contributed by atoms with Gasteiger partial charge in [0.15, 0.2) is 0 Å². The van der Waals surface area contributed by atoms with E-state index in [4.69, 9.17) is 0 Å². The summed E-state index contributed by atoms with van der Waals surface area (Å²) in [5.74, 6) is -0.111. The number of amides is 1. The van der Waals surface area contributed by atoms with E-state index in [2.05, 4.69) is 5.32 Å². The Bertz CT molecular complexity index is 514. The summed E-state index contributed by atoms with van der Waals surface area (Å²) in [6.45, 7) is 1.82. The molecular formula is C13H13NO2S. The van der Waals surface area contributed by atoms with Crippen LogP contribution in [-0.2, 0) is 4.79 Å². The van der Waals surface area contributed by atoms with E-state index in [0.29, 0.717) is 11.3 Å². The van der Waals surface area contributed by atoms with Gasteiger partial charge in [0.25, 0.3) is 5.91 Å². The highest BCUT2D eigenvalue weighted by Crippen LogP contribution is 2.25. The smallest absolute Gasteiger partial charge is 0.261 e. The molecule has 1 aromatic carbocycles. The highest BCUT2D eigenvalue weighted by molar-refractivity contribution is 7.20. The molecule has 0 fully saturated rings. The Hall–Kier alpha value is -1.68. The average Bonchev–Trinajstić information content (AvgIpc) is 2.72. The van der Waals surface area contributed by atoms with Gasteiger partial charge in [0.1, 0.15) is 6.29 Å². The van der Waals surface area contributed by atoms with E-state index in [-0.39, 0.29) is 11.9 Å². The van der Waals surface area contributed by atoms with Crippen molar-refractivity contribution in [3.63, 3.8) is 0 Å². The van der Waals surface area contributed by atoms with Gasteiger partial charge in [0.2, 0.25) is 0 Å². The van der Waals surface area contributed by atoms with Crippen LogP contribution in [0, 0.1) is 0 Å². The van der Waals surface area contributed by atoms with Crippen LogP contribution in [-0.4, -0.2) is 18.2 Å². The van der Waals surface area contributed by atoms with Gasteiger partial charge in [-0.05, 0) is 24.4 Å². The SMILES string of the molecule is CC(CC=O)NC(=O)c1cc2ccccc2s1. The minimum absolute atomic E-state index is 0.111. The first-order valence-electron chi connectivity index (χ1n) is 5.44. The monoisotopic (exact) mass is 247 g/mol. The van der Waals surface area contributed by atoms with Gasteiger partial charge in [-0.2, -0.15) is 0 Å². The normalized spacial score (nSPS) is 12.3. The number of hydrogen-bond acceptors (Lipinski definition) is 3. The molecule has 17 heavy (non-hydrogen) atoms. The first kappa shape index (κ1) is 11.8. The number of nitrogens with one attached hydrogen (secondary N) is 1. The van der Waals surface area contributed by atoms with Crippen LogP contribution in [0.15, 0.2) is 30.3 Å². The lowest BCUT2D eigenvalue weighted by Gasteiger charge is -2.08. The molecule has 0 aliphatic carbocycles. The van der Waals surface area contributed by atoms with Crippen molar-refractivity contribution in [1.29, 1.82) is 0 Å². The number of thiophene rings is 1. The number of carbonyl (C=O) groups excluding carboxylic acids is 2. The van der Waals surface area contributed by atoms with E-state index >= 15 is 0 Å². The van der Waals surface area contributed by atoms with Crippen molar-refractivity contribution < 1.29 is 9.59 Å². The van der Waals surface area contributed by atoms with E-state index in [1.807, 2.05) is 37.3 Å². The van der Waals surface area contributed by atoms with Crippen LogP contribution >= 0.6 is 11.3 Å². The fourth-order valence-corrected chi connectivity index (χ4v) is 2.56. The molecule has 3 nitrogen and oxygen atoms in total. The van der Waals surface area contributed by atoms with Gasteiger partial charge in [0.05, 0.1) is 4.88 Å². The third kappa shape index (κ3) is 2.71. The molecule has 88 valence electrons. The summed E-state index contributed by atoms with van der Waals surface area (Å²) in [4.78, 5) is 22.9. The Kier molecular flexibility index (Phi) is 3.54. The van der Waals surface area contributed by atoms with Crippen LogP contribution in [0.3, 0.4) is 0 Å². The highest BCUT2D eigenvalue weighted by Gasteiger charge is 2.12. The molecule has 4 heteroatoms. The average molecular weight is 247 g/mol. The zero-order chi connectivity index (χ0) is 12.3. The molecule has 0 saturated carbocycles. The Morgan fingerprint density at radius 1 is 1.47 bits per heavy atom. The van der Waals surface area contributed by atoms with Crippen molar-refractivity contribution in [2.75, 3.05) is 0 Å². The number of carbonyl (C=O) groups is 2. The Morgan fingerprint density at radius 3 is 2.94 bits per heavy atom. The molecule has 0 bridgehead atoms. The fourth-order valence-electron chi connectivity index (χ4n) is 1.59. The summed E-state index contributed by atoms with van der Waals surface area (Å²) in [5.41, 5.74) is 0. The predicted octanol–water partition coefficient (Wildman–Crippen LogP) is 2.61. The van der Waals surface area contributed by atoms with E-state index in [1.54, 1.807) is 0 Å². The van der Waals surface area contributed by atoms with Gasteiger partial charge in [0, 0.05) is 17.2 Å². The zero-order valence-corrected chi connectivity index (χ0v) is 10.3. The van der Waals surface area contributed by atoms with Gasteiger partial charge >= 0.3 is 0 Å². The molecule has 2 rings (SSSR count). The van der Waals surface area contributed by atoms with Gasteiger partial charge in [-0.15, -0.1) is 11.3 Å². The van der Waals surface area contributed by atoms with Crippen molar-refractivity contribution in [3.8, 4) is 0 Å². The van der Waals surface area contributed by atoms with Crippen LogP contribution in [0.2, 0.25) is 0 Å². The van der Waals surface area contributed by atoms with Gasteiger partial charge in [-0.25, -0.2) is 0 Å². The number of fused-ring (bicyclic) bond motifs is 1. The largest absolute Gasteiger partial charge is 0.348 e. The lowest BCUT2D eigenvalue weighted by Crippen LogP contribution is -2.32. The third-order valence-electron chi connectivity index (χ3n) is 2.48. The first-order valence-corrected chi connectivity index (χ1v) is 6.25. The molecular weight excluding hydrogens is 234 g/mol. The van der Waals surface area contributed by atoms with Crippen LogP contribution in [0.4, 0.5) is 0 Å². The lowest BCUT2D eigenvalue weighted by molar-refractivity contribution is -0.108. The van der Waals surface area contributed by atoms with Crippen LogP contribution < -0.4 is 5.32 Å². The first-order chi connectivity index (χ1) is 8.20. The van der Waals surface area contributed by atoms with Gasteiger partial charge in [-0.1, -0.05) is 18.2 Å². The van der Waals surface area contributed by atoms with E-state index in [0.717, 1.165) is 16.4 Å². The van der Waals surface area contributed by atoms with Crippen molar-refractivity contribution in [2.24, 2.45) is 0 Å². The number of hydrogen-bond donors (Lipinski definition) is 1. The maximum absolute atomic E-state index is 11.9. The van der Waals surface area contributed by atoms with Gasteiger partial charge in [-0.3, -0.25) is 4.79 Å². The van der Waals surface area contributed by atoms with E-state index < -0.39 is 0 Å². The fraction of sp³-hybridized carbons (Fsp3) is 0.231. The molecule has 1 aromatic heterocycles. The predicted molar refractivity (Wildman–Crippen MR) is 69.4 cm³/mol. The molecule has 2 aromatic rings. The standard InChI is InChI=1S/C13H13NO2S/c1-9(6-7-15)14-13(16)12-8-10-4-2-3-5-11(10)17-12/h2-5,7-9H,6H2,1H3,(H,14,16). The molecule has 1 unspecified atom stereocenters. The summed E-state index contributed by atoms with van der Waals surface area (Å²) in [6, 6.07) is 9.64. The maximum Gasteiger partial charge on any atom is 0.261 e. The van der Waals surface area contributed by atoms with Crippen molar-refractivity contribution in [2.45, 2.75) is 19.4 Å². The van der Waals surface area contributed by atoms with E-state index in [9.17, 15) is 9.59 Å². The number of aldehydes is 1. The summed E-state index contributed by atoms with van der Waals surface area (Å²) in [6.07, 6.45) is 1.16. The Morgan fingerprint density at radius 2 is 2.24 bits per heavy atom. The number of benzene rings is 1. The number of rotatable bonds is 4. The van der Waals surface area contributed by atoms with Crippen LogP contribution in [0.5, 0.6) is 0 Å². The Labute approximate surface area is 103 Å². The quantitative estimate of drug-likeness (QED) is 0.844. The molecule has 0 saturated heterocycles. The van der Waals surface area contributed by atoms with Crippen LogP contribution in [0.25, 0.3) is 10.1 Å². The second-order valence-electron chi connectivity index (χ2n) is 3.93. The molecule has 1 N–H and O–H groups in total. The van der Waals surface area contributed by atoms with Crippen molar-refractivity contribution >= 4 is 33.6 Å². The topological polar surface area (TPSA) is 46.2 Å². The molecule has 0 radical (unpaired) electrons. The van der Waals surface area contributed by atoms with E-state index in [1.165, 1.54) is 11.3 Å². The maximum atomic E-state index is 11.9. The lowest BCUT2D eigenvalue weighted by atomic mass is 10.2. The molecule has 1 atom stereocenters. The van der Waals surface area contributed by atoms with Crippen molar-refractivity contribution in [3.05, 3.63) is 35.2 Å². The summed E-state index contributed by atoms with van der Waals surface area (Å²) >= 11 is 1.47. The molecule has 1 amide bonds. The summed E-state index contributed by atoms with van der Waals surface area (Å²) in [7, 11) is 0. The minimum atomic E-state index is -0.120. The van der Waals surface area contributed by atoms with Gasteiger partial charge < -0.3 is 10.1 Å². The highest BCUT2D eigenvalue weighted by atomic mass is 32.1. The minimum Gasteiger partial charge on any atom is -0.348 e. The molecule has 0 aliphatic rings.